The molecule has 0 radical (unpaired) electrons. The maximum absolute atomic E-state index is 13.0. The number of carbonyl (C=O) groups is 2. The molecular formula is C23H17ClN2O3. The van der Waals surface area contributed by atoms with E-state index in [2.05, 4.69) is 4.98 Å². The summed E-state index contributed by atoms with van der Waals surface area (Å²) in [5, 5.41) is 11.5. The fraction of sp³-hybridized carbons (Fsp3) is 0.0870. The first kappa shape index (κ1) is 18.9. The van der Waals surface area contributed by atoms with E-state index < -0.39 is 17.7 Å². The first-order valence-electron chi connectivity index (χ1n) is 9.03. The number of rotatable bonds is 3. The number of pyridine rings is 1. The van der Waals surface area contributed by atoms with Gasteiger partial charge in [-0.2, -0.15) is 0 Å². The molecule has 1 aromatic heterocycles. The van der Waals surface area contributed by atoms with Gasteiger partial charge in [-0.25, -0.2) is 4.98 Å². The van der Waals surface area contributed by atoms with Crippen molar-refractivity contribution in [2.45, 2.75) is 13.0 Å². The number of nitrogens with zero attached hydrogens (tertiary/aromatic N) is 2. The topological polar surface area (TPSA) is 70.5 Å². The predicted molar refractivity (Wildman–Crippen MR) is 112 cm³/mol. The zero-order valence-electron chi connectivity index (χ0n) is 15.5. The molecule has 1 unspecified atom stereocenters. The molecule has 1 aliphatic rings. The van der Waals surface area contributed by atoms with Crippen LogP contribution in [-0.2, 0) is 9.59 Å². The molecule has 2 heterocycles. The zero-order valence-corrected chi connectivity index (χ0v) is 16.3. The molecule has 1 fully saturated rings. The fourth-order valence-electron chi connectivity index (χ4n) is 3.45. The molecule has 0 bridgehead atoms. The van der Waals surface area contributed by atoms with Gasteiger partial charge in [-0.3, -0.25) is 14.5 Å². The van der Waals surface area contributed by atoms with E-state index in [1.807, 2.05) is 43.3 Å². The van der Waals surface area contributed by atoms with Gasteiger partial charge in [0.2, 0.25) is 0 Å². The Morgan fingerprint density at radius 1 is 0.966 bits per heavy atom. The third kappa shape index (κ3) is 3.41. The van der Waals surface area contributed by atoms with Crippen molar-refractivity contribution >= 4 is 34.9 Å². The molecule has 4 rings (SSSR count). The standard InChI is InChI=1S/C23H17ClN2O3/c1-14-6-5-9-18(25-14)26-20(15-7-3-2-4-8-15)19(22(28)23(26)29)21(27)16-10-12-17(24)13-11-16/h2-13,20,27H,1H3/b21-19-. The summed E-state index contributed by atoms with van der Waals surface area (Å²) < 4.78 is 0. The summed E-state index contributed by atoms with van der Waals surface area (Å²) in [6.07, 6.45) is 0. The monoisotopic (exact) mass is 404 g/mol. The lowest BCUT2D eigenvalue weighted by Gasteiger charge is -2.24. The average molecular weight is 405 g/mol. The SMILES string of the molecule is Cc1cccc(N2C(=O)C(=O)/C(=C(\O)c3ccc(Cl)cc3)C2c2ccccc2)n1. The van der Waals surface area contributed by atoms with Crippen molar-refractivity contribution in [2.75, 3.05) is 4.90 Å². The van der Waals surface area contributed by atoms with E-state index in [0.717, 1.165) is 0 Å². The van der Waals surface area contributed by atoms with Crippen LogP contribution in [0.25, 0.3) is 5.76 Å². The molecule has 1 aliphatic heterocycles. The minimum absolute atomic E-state index is 0.0202. The van der Waals surface area contributed by atoms with Crippen LogP contribution in [0, 0.1) is 6.92 Å². The summed E-state index contributed by atoms with van der Waals surface area (Å²) >= 11 is 5.94. The molecule has 1 N–H and O–H groups in total. The van der Waals surface area contributed by atoms with Crippen LogP contribution in [0.1, 0.15) is 22.9 Å². The van der Waals surface area contributed by atoms with Crippen LogP contribution in [0.3, 0.4) is 0 Å². The Bertz CT molecular complexity index is 1120. The summed E-state index contributed by atoms with van der Waals surface area (Å²) in [6.45, 7) is 1.81. The van der Waals surface area contributed by atoms with Crippen LogP contribution >= 0.6 is 11.6 Å². The molecule has 1 saturated heterocycles. The molecule has 0 aliphatic carbocycles. The van der Waals surface area contributed by atoms with Crippen molar-refractivity contribution in [3.63, 3.8) is 0 Å². The molecule has 6 heteroatoms. The van der Waals surface area contributed by atoms with E-state index in [4.69, 9.17) is 11.6 Å². The number of halogens is 1. The molecule has 5 nitrogen and oxygen atoms in total. The first-order valence-corrected chi connectivity index (χ1v) is 9.40. The highest BCUT2D eigenvalue weighted by molar-refractivity contribution is 6.51. The van der Waals surface area contributed by atoms with Crippen LogP contribution in [0.5, 0.6) is 0 Å². The van der Waals surface area contributed by atoms with Crippen molar-refractivity contribution < 1.29 is 14.7 Å². The lowest BCUT2D eigenvalue weighted by Crippen LogP contribution is -2.30. The van der Waals surface area contributed by atoms with Gasteiger partial charge in [-0.05, 0) is 48.9 Å². The summed E-state index contributed by atoms with van der Waals surface area (Å²) in [5.41, 5.74) is 1.84. The Morgan fingerprint density at radius 3 is 2.31 bits per heavy atom. The minimum atomic E-state index is -0.791. The number of aliphatic hydroxyl groups is 1. The van der Waals surface area contributed by atoms with E-state index in [-0.39, 0.29) is 11.3 Å². The quantitative estimate of drug-likeness (QED) is 0.391. The number of aryl methyl sites for hydroxylation is 1. The van der Waals surface area contributed by atoms with Gasteiger partial charge in [0, 0.05) is 16.3 Å². The number of aliphatic hydroxyl groups excluding tert-OH is 1. The summed E-state index contributed by atoms with van der Waals surface area (Å²) in [5.74, 6) is -1.37. The lowest BCUT2D eigenvalue weighted by atomic mass is 9.95. The van der Waals surface area contributed by atoms with E-state index in [9.17, 15) is 14.7 Å². The summed E-state index contributed by atoms with van der Waals surface area (Å²) in [4.78, 5) is 31.7. The number of hydrogen-bond acceptors (Lipinski definition) is 4. The number of Topliss-reactive ketones (excluding diaryl/α,β-unsaturated/α-hetero) is 1. The molecular weight excluding hydrogens is 388 g/mol. The number of anilines is 1. The smallest absolute Gasteiger partial charge is 0.301 e. The van der Waals surface area contributed by atoms with Gasteiger partial charge < -0.3 is 5.11 Å². The highest BCUT2D eigenvalue weighted by atomic mass is 35.5. The maximum Gasteiger partial charge on any atom is 0.301 e. The molecule has 3 aromatic rings. The van der Waals surface area contributed by atoms with Gasteiger partial charge in [0.1, 0.15) is 11.6 Å². The van der Waals surface area contributed by atoms with Crippen molar-refractivity contribution in [3.05, 3.63) is 100 Å². The van der Waals surface area contributed by atoms with Gasteiger partial charge >= 0.3 is 5.91 Å². The summed E-state index contributed by atoms with van der Waals surface area (Å²) in [7, 11) is 0. The largest absolute Gasteiger partial charge is 0.507 e. The third-order valence-electron chi connectivity index (χ3n) is 4.80. The van der Waals surface area contributed by atoms with Crippen LogP contribution < -0.4 is 4.90 Å². The minimum Gasteiger partial charge on any atom is -0.507 e. The molecule has 1 atom stereocenters. The highest BCUT2D eigenvalue weighted by Gasteiger charge is 2.47. The highest BCUT2D eigenvalue weighted by Crippen LogP contribution is 2.41. The van der Waals surface area contributed by atoms with Crippen LogP contribution in [0.15, 0.2) is 78.4 Å². The zero-order chi connectivity index (χ0) is 20.5. The van der Waals surface area contributed by atoms with E-state index in [1.54, 1.807) is 36.4 Å². The molecule has 0 spiro atoms. The van der Waals surface area contributed by atoms with Crippen molar-refractivity contribution in [3.8, 4) is 0 Å². The first-order chi connectivity index (χ1) is 14.0. The Labute approximate surface area is 172 Å². The second-order valence-electron chi connectivity index (χ2n) is 6.72. The normalized spacial score (nSPS) is 18.3. The molecule has 2 aromatic carbocycles. The Kier molecular flexibility index (Phi) is 4.91. The lowest BCUT2D eigenvalue weighted by molar-refractivity contribution is -0.132. The van der Waals surface area contributed by atoms with Crippen LogP contribution in [0.2, 0.25) is 5.02 Å². The fourth-order valence-corrected chi connectivity index (χ4v) is 3.57. The Hall–Kier alpha value is -3.44. The second kappa shape index (κ2) is 7.53. The number of benzene rings is 2. The number of amides is 1. The van der Waals surface area contributed by atoms with E-state index >= 15 is 0 Å². The summed E-state index contributed by atoms with van der Waals surface area (Å²) in [6, 6.07) is 20.0. The Balaban J connectivity index is 1.94. The van der Waals surface area contributed by atoms with Crippen LogP contribution in [0.4, 0.5) is 5.82 Å². The van der Waals surface area contributed by atoms with Gasteiger partial charge in [0.05, 0.1) is 11.6 Å². The van der Waals surface area contributed by atoms with Crippen LogP contribution in [-0.4, -0.2) is 21.8 Å². The predicted octanol–water partition coefficient (Wildman–Crippen LogP) is 4.67. The van der Waals surface area contributed by atoms with E-state index in [0.29, 0.717) is 27.7 Å². The van der Waals surface area contributed by atoms with Crippen molar-refractivity contribution in [1.82, 2.24) is 4.98 Å². The van der Waals surface area contributed by atoms with E-state index in [1.165, 1.54) is 4.90 Å². The number of ketones is 1. The molecule has 1 amide bonds. The van der Waals surface area contributed by atoms with Gasteiger partial charge in [-0.1, -0.05) is 48.0 Å². The maximum atomic E-state index is 13.0. The molecule has 0 saturated carbocycles. The van der Waals surface area contributed by atoms with Crippen molar-refractivity contribution in [2.24, 2.45) is 0 Å². The number of carbonyl (C=O) groups excluding carboxylic acids is 2. The van der Waals surface area contributed by atoms with Crippen molar-refractivity contribution in [1.29, 1.82) is 0 Å². The molecule has 29 heavy (non-hydrogen) atoms. The van der Waals surface area contributed by atoms with Gasteiger partial charge in [-0.15, -0.1) is 0 Å². The Morgan fingerprint density at radius 2 is 1.66 bits per heavy atom. The average Bonchev–Trinajstić information content (AvgIpc) is 2.99. The second-order valence-corrected chi connectivity index (χ2v) is 7.16. The number of hydrogen-bond donors (Lipinski definition) is 1. The number of aromatic nitrogens is 1. The van der Waals surface area contributed by atoms with Gasteiger partial charge in [0.15, 0.2) is 0 Å². The van der Waals surface area contributed by atoms with Gasteiger partial charge in [0.25, 0.3) is 5.78 Å². The third-order valence-corrected chi connectivity index (χ3v) is 5.05. The molecule has 144 valence electrons.